The van der Waals surface area contributed by atoms with Gasteiger partial charge in [0, 0.05) is 16.3 Å². The zero-order valence-electron chi connectivity index (χ0n) is 14.4. The molecular weight excluding hydrogens is 385 g/mol. The first-order valence-corrected chi connectivity index (χ1v) is 9.63. The predicted molar refractivity (Wildman–Crippen MR) is 104 cm³/mol. The number of aromatic nitrogens is 5. The fourth-order valence-corrected chi connectivity index (χ4v) is 3.93. The molecular formula is C19H15ClFN5S. The van der Waals surface area contributed by atoms with Gasteiger partial charge in [-0.15, -0.1) is 5.10 Å². The molecule has 0 unspecified atom stereocenters. The van der Waals surface area contributed by atoms with Gasteiger partial charge in [-0.25, -0.2) is 19.0 Å². The molecule has 5 nitrogen and oxygen atoms in total. The van der Waals surface area contributed by atoms with E-state index < -0.39 is 0 Å². The van der Waals surface area contributed by atoms with Gasteiger partial charge in [-0.05, 0) is 24.6 Å². The molecule has 2 aromatic carbocycles. The molecule has 136 valence electrons. The van der Waals surface area contributed by atoms with Crippen molar-refractivity contribution in [3.8, 4) is 0 Å². The standard InChI is InChI=1S/C19H15ClFN5S/c1-12-5-7-13(8-6-12)9-26-18-17(24-25-26)19(23-11-22-18)27-10-14-15(20)3-2-4-16(14)21/h2-8,11H,9-10H2,1H3. The average molecular weight is 400 g/mol. The molecule has 0 N–H and O–H groups in total. The van der Waals surface area contributed by atoms with Gasteiger partial charge in [0.2, 0.25) is 0 Å². The van der Waals surface area contributed by atoms with Crippen molar-refractivity contribution in [2.45, 2.75) is 24.2 Å². The van der Waals surface area contributed by atoms with Crippen LogP contribution < -0.4 is 0 Å². The normalized spacial score (nSPS) is 11.2. The van der Waals surface area contributed by atoms with Gasteiger partial charge in [0.25, 0.3) is 0 Å². The summed E-state index contributed by atoms with van der Waals surface area (Å²) in [6, 6.07) is 12.9. The third-order valence-corrected chi connectivity index (χ3v) is 5.49. The molecule has 0 aliphatic heterocycles. The van der Waals surface area contributed by atoms with Crippen molar-refractivity contribution in [1.82, 2.24) is 25.0 Å². The zero-order chi connectivity index (χ0) is 18.8. The Morgan fingerprint density at radius 2 is 1.93 bits per heavy atom. The maximum Gasteiger partial charge on any atom is 0.183 e. The monoisotopic (exact) mass is 399 g/mol. The van der Waals surface area contributed by atoms with E-state index in [0.717, 1.165) is 5.56 Å². The van der Waals surface area contributed by atoms with Gasteiger partial charge >= 0.3 is 0 Å². The fraction of sp³-hybridized carbons (Fsp3) is 0.158. The Morgan fingerprint density at radius 1 is 1.11 bits per heavy atom. The third-order valence-electron chi connectivity index (χ3n) is 4.13. The van der Waals surface area contributed by atoms with E-state index >= 15 is 0 Å². The molecule has 0 radical (unpaired) electrons. The molecule has 2 heterocycles. The quantitative estimate of drug-likeness (QED) is 0.361. The minimum atomic E-state index is -0.330. The SMILES string of the molecule is Cc1ccc(Cn2nnc3c(SCc4c(F)cccc4Cl)ncnc32)cc1. The van der Waals surface area contributed by atoms with Gasteiger partial charge in [0.05, 0.1) is 6.54 Å². The zero-order valence-corrected chi connectivity index (χ0v) is 16.0. The summed E-state index contributed by atoms with van der Waals surface area (Å²) in [5.74, 6) is 0.0194. The predicted octanol–water partition coefficient (Wildman–Crippen LogP) is 4.66. The molecule has 2 aromatic heterocycles. The number of fused-ring (bicyclic) bond motifs is 1. The topological polar surface area (TPSA) is 56.5 Å². The van der Waals surface area contributed by atoms with Crippen molar-refractivity contribution < 1.29 is 4.39 Å². The Morgan fingerprint density at radius 3 is 2.70 bits per heavy atom. The summed E-state index contributed by atoms with van der Waals surface area (Å²) >= 11 is 7.46. The third kappa shape index (κ3) is 3.79. The summed E-state index contributed by atoms with van der Waals surface area (Å²) in [4.78, 5) is 8.60. The maximum atomic E-state index is 14.0. The molecule has 4 aromatic rings. The molecule has 8 heteroatoms. The first kappa shape index (κ1) is 17.9. The highest BCUT2D eigenvalue weighted by Gasteiger charge is 2.14. The highest BCUT2D eigenvalue weighted by Crippen LogP contribution is 2.30. The molecule has 0 bridgehead atoms. The van der Waals surface area contributed by atoms with Gasteiger partial charge in [0.15, 0.2) is 11.2 Å². The van der Waals surface area contributed by atoms with E-state index in [4.69, 9.17) is 11.6 Å². The van der Waals surface area contributed by atoms with Gasteiger partial charge < -0.3 is 0 Å². The summed E-state index contributed by atoms with van der Waals surface area (Å²) in [7, 11) is 0. The minimum absolute atomic E-state index is 0.330. The Labute approximate surface area is 164 Å². The summed E-state index contributed by atoms with van der Waals surface area (Å²) in [5.41, 5.74) is 4.01. The highest BCUT2D eigenvalue weighted by atomic mass is 35.5. The number of halogens is 2. The largest absolute Gasteiger partial charge is 0.227 e. The number of hydrogen-bond donors (Lipinski definition) is 0. The number of rotatable bonds is 5. The van der Waals surface area contributed by atoms with Crippen molar-refractivity contribution in [1.29, 1.82) is 0 Å². The number of hydrogen-bond acceptors (Lipinski definition) is 5. The van der Waals surface area contributed by atoms with E-state index in [1.807, 2.05) is 6.92 Å². The van der Waals surface area contributed by atoms with Crippen molar-refractivity contribution >= 4 is 34.5 Å². The molecule has 0 atom stereocenters. The van der Waals surface area contributed by atoms with Crippen LogP contribution in [0.2, 0.25) is 5.02 Å². The highest BCUT2D eigenvalue weighted by molar-refractivity contribution is 7.98. The number of thioether (sulfide) groups is 1. The lowest BCUT2D eigenvalue weighted by molar-refractivity contribution is 0.617. The summed E-state index contributed by atoms with van der Waals surface area (Å²) in [6.45, 7) is 2.62. The smallest absolute Gasteiger partial charge is 0.183 e. The van der Waals surface area contributed by atoms with E-state index in [0.29, 0.717) is 39.1 Å². The summed E-state index contributed by atoms with van der Waals surface area (Å²) < 4.78 is 15.7. The fourth-order valence-electron chi connectivity index (χ4n) is 2.66. The molecule has 0 aliphatic carbocycles. The first-order valence-electron chi connectivity index (χ1n) is 8.27. The van der Waals surface area contributed by atoms with Crippen LogP contribution in [-0.2, 0) is 12.3 Å². The summed E-state index contributed by atoms with van der Waals surface area (Å²) in [6.07, 6.45) is 1.47. The van der Waals surface area contributed by atoms with E-state index in [9.17, 15) is 4.39 Å². The van der Waals surface area contributed by atoms with Crippen LogP contribution in [0.1, 0.15) is 16.7 Å². The molecule has 0 aliphatic rings. The van der Waals surface area contributed by atoms with Crippen LogP contribution in [0.4, 0.5) is 4.39 Å². The number of aryl methyl sites for hydroxylation is 1. The molecule has 0 amide bonds. The molecule has 0 saturated heterocycles. The van der Waals surface area contributed by atoms with Crippen LogP contribution in [0, 0.1) is 12.7 Å². The van der Waals surface area contributed by atoms with Crippen molar-refractivity contribution in [2.24, 2.45) is 0 Å². The lowest BCUT2D eigenvalue weighted by Crippen LogP contribution is -2.03. The van der Waals surface area contributed by atoms with E-state index in [1.54, 1.807) is 16.8 Å². The number of benzene rings is 2. The van der Waals surface area contributed by atoms with Crippen LogP contribution in [-0.4, -0.2) is 25.0 Å². The Hall–Kier alpha value is -2.51. The van der Waals surface area contributed by atoms with Crippen LogP contribution in [0.25, 0.3) is 11.2 Å². The Kier molecular flexibility index (Phi) is 5.05. The van der Waals surface area contributed by atoms with Crippen LogP contribution >= 0.6 is 23.4 Å². The van der Waals surface area contributed by atoms with E-state index in [1.165, 1.54) is 29.7 Å². The molecule has 0 saturated carbocycles. The van der Waals surface area contributed by atoms with Crippen molar-refractivity contribution in [3.05, 3.63) is 76.3 Å². The second-order valence-electron chi connectivity index (χ2n) is 6.07. The Bertz CT molecular complexity index is 1080. The average Bonchev–Trinajstić information content (AvgIpc) is 3.07. The van der Waals surface area contributed by atoms with Gasteiger partial charge in [0.1, 0.15) is 17.2 Å². The molecule has 0 fully saturated rings. The molecule has 27 heavy (non-hydrogen) atoms. The second kappa shape index (κ2) is 7.62. The van der Waals surface area contributed by atoms with Crippen LogP contribution in [0.5, 0.6) is 0 Å². The Balaban J connectivity index is 1.59. The number of nitrogens with zero attached hydrogens (tertiary/aromatic N) is 5. The van der Waals surface area contributed by atoms with Crippen molar-refractivity contribution in [2.75, 3.05) is 0 Å². The van der Waals surface area contributed by atoms with Gasteiger partial charge in [-0.1, -0.05) is 64.5 Å². The van der Waals surface area contributed by atoms with Crippen LogP contribution in [0.3, 0.4) is 0 Å². The van der Waals surface area contributed by atoms with Crippen molar-refractivity contribution in [3.63, 3.8) is 0 Å². The first-order chi connectivity index (χ1) is 13.1. The van der Waals surface area contributed by atoms with E-state index in [2.05, 4.69) is 44.5 Å². The maximum absolute atomic E-state index is 14.0. The minimum Gasteiger partial charge on any atom is -0.227 e. The molecule has 4 rings (SSSR count). The van der Waals surface area contributed by atoms with Crippen LogP contribution in [0.15, 0.2) is 53.8 Å². The van der Waals surface area contributed by atoms with Gasteiger partial charge in [-0.3, -0.25) is 0 Å². The lowest BCUT2D eigenvalue weighted by atomic mass is 10.1. The van der Waals surface area contributed by atoms with E-state index in [-0.39, 0.29) is 5.82 Å². The molecule has 0 spiro atoms. The summed E-state index contributed by atoms with van der Waals surface area (Å²) in [5, 5.41) is 9.49. The van der Waals surface area contributed by atoms with Gasteiger partial charge in [-0.2, -0.15) is 0 Å². The lowest BCUT2D eigenvalue weighted by Gasteiger charge is -2.06. The second-order valence-corrected chi connectivity index (χ2v) is 7.44.